The Hall–Kier alpha value is -2.82. The molecule has 5 heteroatoms. The van der Waals surface area contributed by atoms with Crippen LogP contribution in [0.25, 0.3) is 0 Å². The summed E-state index contributed by atoms with van der Waals surface area (Å²) in [4.78, 5) is 24.0. The van der Waals surface area contributed by atoms with E-state index in [1.165, 1.54) is 0 Å². The zero-order valence-electron chi connectivity index (χ0n) is 13.8. The first-order chi connectivity index (χ1) is 11.5. The van der Waals surface area contributed by atoms with Crippen LogP contribution in [0, 0.1) is 13.8 Å². The summed E-state index contributed by atoms with van der Waals surface area (Å²) in [5.74, 6) is -0.139. The van der Waals surface area contributed by atoms with Gasteiger partial charge in [-0.25, -0.2) is 4.79 Å². The average molecular weight is 323 g/mol. The summed E-state index contributed by atoms with van der Waals surface area (Å²) in [7, 11) is 0. The number of carbonyl (C=O) groups excluding carboxylic acids is 2. The molecule has 1 fully saturated rings. The molecular formula is C19H21N3O2. The minimum absolute atomic E-state index is 0.139. The number of carbonyl (C=O) groups is 2. The lowest BCUT2D eigenvalue weighted by atomic mass is 10.1. The maximum atomic E-state index is 12.3. The van der Waals surface area contributed by atoms with Crippen molar-refractivity contribution in [3.8, 4) is 0 Å². The molecule has 0 atom stereocenters. The molecule has 3 amide bonds. The second-order valence-corrected chi connectivity index (χ2v) is 6.22. The third-order valence-electron chi connectivity index (χ3n) is 3.94. The predicted octanol–water partition coefficient (Wildman–Crippen LogP) is 3.84. The third-order valence-corrected chi connectivity index (χ3v) is 3.94. The molecule has 0 aromatic heterocycles. The molecule has 1 saturated carbocycles. The fourth-order valence-corrected chi connectivity index (χ4v) is 2.48. The van der Waals surface area contributed by atoms with E-state index >= 15 is 0 Å². The lowest BCUT2D eigenvalue weighted by Crippen LogP contribution is -2.30. The molecule has 0 unspecified atom stereocenters. The zero-order valence-corrected chi connectivity index (χ0v) is 13.8. The minimum atomic E-state index is -0.190. The minimum Gasteiger partial charge on any atom is -0.335 e. The summed E-state index contributed by atoms with van der Waals surface area (Å²) < 4.78 is 0. The Morgan fingerprint density at radius 3 is 2.12 bits per heavy atom. The van der Waals surface area contributed by atoms with Crippen LogP contribution >= 0.6 is 0 Å². The van der Waals surface area contributed by atoms with Crippen molar-refractivity contribution < 1.29 is 9.59 Å². The normalized spacial score (nSPS) is 13.2. The Kier molecular flexibility index (Phi) is 4.51. The SMILES string of the molecule is Cc1ccc(C(=O)Nc2ccc(NC(=O)NC3CC3)cc2)c(C)c1. The molecule has 5 nitrogen and oxygen atoms in total. The highest BCUT2D eigenvalue weighted by atomic mass is 16.2. The summed E-state index contributed by atoms with van der Waals surface area (Å²) in [6, 6.07) is 13.0. The number of amides is 3. The molecule has 0 aliphatic heterocycles. The van der Waals surface area contributed by atoms with Gasteiger partial charge in [-0.05, 0) is 62.6 Å². The van der Waals surface area contributed by atoms with E-state index in [1.807, 2.05) is 32.0 Å². The van der Waals surface area contributed by atoms with Crippen molar-refractivity contribution >= 4 is 23.3 Å². The number of nitrogens with one attached hydrogen (secondary N) is 3. The van der Waals surface area contributed by atoms with Crippen LogP contribution in [0.15, 0.2) is 42.5 Å². The molecule has 124 valence electrons. The van der Waals surface area contributed by atoms with E-state index in [1.54, 1.807) is 24.3 Å². The van der Waals surface area contributed by atoms with E-state index < -0.39 is 0 Å². The quantitative estimate of drug-likeness (QED) is 0.800. The third kappa shape index (κ3) is 4.13. The monoisotopic (exact) mass is 323 g/mol. The highest BCUT2D eigenvalue weighted by molar-refractivity contribution is 6.05. The van der Waals surface area contributed by atoms with Crippen LogP contribution < -0.4 is 16.0 Å². The van der Waals surface area contributed by atoms with Gasteiger partial charge < -0.3 is 16.0 Å². The number of hydrogen-bond acceptors (Lipinski definition) is 2. The molecule has 0 spiro atoms. The summed E-state index contributed by atoms with van der Waals surface area (Å²) in [5.41, 5.74) is 4.11. The average Bonchev–Trinajstić information content (AvgIpc) is 3.33. The number of anilines is 2. The number of benzene rings is 2. The predicted molar refractivity (Wildman–Crippen MR) is 95.5 cm³/mol. The fraction of sp³-hybridized carbons (Fsp3) is 0.263. The highest BCUT2D eigenvalue weighted by Crippen LogP contribution is 2.19. The maximum Gasteiger partial charge on any atom is 0.319 e. The molecule has 1 aliphatic carbocycles. The topological polar surface area (TPSA) is 70.2 Å². The second kappa shape index (κ2) is 6.74. The van der Waals surface area contributed by atoms with Crippen molar-refractivity contribution in [3.05, 3.63) is 59.2 Å². The van der Waals surface area contributed by atoms with Crippen molar-refractivity contribution in [3.63, 3.8) is 0 Å². The molecule has 0 radical (unpaired) electrons. The number of urea groups is 1. The number of aryl methyl sites for hydroxylation is 2. The lowest BCUT2D eigenvalue weighted by Gasteiger charge is -2.10. The number of hydrogen-bond donors (Lipinski definition) is 3. The van der Waals surface area contributed by atoms with E-state index in [0.29, 0.717) is 23.0 Å². The molecule has 24 heavy (non-hydrogen) atoms. The van der Waals surface area contributed by atoms with Gasteiger partial charge >= 0.3 is 6.03 Å². The molecule has 3 rings (SSSR count). The van der Waals surface area contributed by atoms with Crippen LogP contribution in [-0.2, 0) is 0 Å². The van der Waals surface area contributed by atoms with Gasteiger partial charge in [-0.15, -0.1) is 0 Å². The van der Waals surface area contributed by atoms with Gasteiger partial charge in [-0.1, -0.05) is 17.7 Å². The Labute approximate surface area is 141 Å². The molecule has 0 saturated heterocycles. The van der Waals surface area contributed by atoms with Crippen LogP contribution in [0.1, 0.15) is 34.3 Å². The fourth-order valence-electron chi connectivity index (χ4n) is 2.48. The molecule has 3 N–H and O–H groups in total. The molecule has 2 aromatic carbocycles. The van der Waals surface area contributed by atoms with E-state index in [0.717, 1.165) is 24.0 Å². The Morgan fingerprint density at radius 2 is 1.54 bits per heavy atom. The van der Waals surface area contributed by atoms with Crippen molar-refractivity contribution in [1.82, 2.24) is 5.32 Å². The van der Waals surface area contributed by atoms with E-state index in [2.05, 4.69) is 16.0 Å². The summed E-state index contributed by atoms with van der Waals surface area (Å²) in [5, 5.41) is 8.51. The standard InChI is InChI=1S/C19H21N3O2/c1-12-3-10-17(13(2)11-12)18(23)20-14-4-6-15(7-5-14)21-19(24)22-16-8-9-16/h3-7,10-11,16H,8-9H2,1-2H3,(H,20,23)(H2,21,22,24). The Morgan fingerprint density at radius 1 is 0.917 bits per heavy atom. The van der Waals surface area contributed by atoms with Crippen LogP contribution in [0.2, 0.25) is 0 Å². The van der Waals surface area contributed by atoms with Gasteiger partial charge in [0.15, 0.2) is 0 Å². The molecular weight excluding hydrogens is 302 g/mol. The van der Waals surface area contributed by atoms with E-state index in [-0.39, 0.29) is 11.9 Å². The van der Waals surface area contributed by atoms with Gasteiger partial charge in [0, 0.05) is 23.0 Å². The number of rotatable bonds is 4. The van der Waals surface area contributed by atoms with Gasteiger partial charge in [0.05, 0.1) is 0 Å². The van der Waals surface area contributed by atoms with Crippen LogP contribution in [0.5, 0.6) is 0 Å². The first kappa shape index (κ1) is 16.1. The van der Waals surface area contributed by atoms with Crippen molar-refractivity contribution in [2.24, 2.45) is 0 Å². The summed E-state index contributed by atoms with van der Waals surface area (Å²) >= 11 is 0. The van der Waals surface area contributed by atoms with Gasteiger partial charge in [0.25, 0.3) is 5.91 Å². The van der Waals surface area contributed by atoms with Crippen molar-refractivity contribution in [2.45, 2.75) is 32.7 Å². The molecule has 0 bridgehead atoms. The summed E-state index contributed by atoms with van der Waals surface area (Å²) in [6.45, 7) is 3.92. The van der Waals surface area contributed by atoms with E-state index in [9.17, 15) is 9.59 Å². The van der Waals surface area contributed by atoms with Crippen LogP contribution in [0.3, 0.4) is 0 Å². The van der Waals surface area contributed by atoms with E-state index in [4.69, 9.17) is 0 Å². The molecule has 0 heterocycles. The van der Waals surface area contributed by atoms with Crippen LogP contribution in [-0.4, -0.2) is 18.0 Å². The Balaban J connectivity index is 1.60. The largest absolute Gasteiger partial charge is 0.335 e. The smallest absolute Gasteiger partial charge is 0.319 e. The molecule has 2 aromatic rings. The lowest BCUT2D eigenvalue weighted by molar-refractivity contribution is 0.102. The van der Waals surface area contributed by atoms with Crippen LogP contribution in [0.4, 0.5) is 16.2 Å². The van der Waals surface area contributed by atoms with Gasteiger partial charge in [0.1, 0.15) is 0 Å². The second-order valence-electron chi connectivity index (χ2n) is 6.22. The first-order valence-electron chi connectivity index (χ1n) is 8.07. The Bertz CT molecular complexity index is 765. The first-order valence-corrected chi connectivity index (χ1v) is 8.07. The van der Waals surface area contributed by atoms with Gasteiger partial charge in [0.2, 0.25) is 0 Å². The van der Waals surface area contributed by atoms with Gasteiger partial charge in [-0.3, -0.25) is 4.79 Å². The van der Waals surface area contributed by atoms with Crippen molar-refractivity contribution in [2.75, 3.05) is 10.6 Å². The maximum absolute atomic E-state index is 12.3. The zero-order chi connectivity index (χ0) is 17.1. The van der Waals surface area contributed by atoms with Crippen molar-refractivity contribution in [1.29, 1.82) is 0 Å². The van der Waals surface area contributed by atoms with Gasteiger partial charge in [-0.2, -0.15) is 0 Å². The summed E-state index contributed by atoms with van der Waals surface area (Å²) in [6.07, 6.45) is 2.10. The highest BCUT2D eigenvalue weighted by Gasteiger charge is 2.23. The molecule has 1 aliphatic rings.